The molecular weight excluding hydrogens is 214 g/mol. The molecule has 0 bridgehead atoms. The lowest BCUT2D eigenvalue weighted by Crippen LogP contribution is -2.48. The first-order chi connectivity index (χ1) is 6.75. The van der Waals surface area contributed by atoms with Crippen LogP contribution in [-0.4, -0.2) is 24.0 Å². The molecule has 2 heterocycles. The summed E-state index contributed by atoms with van der Waals surface area (Å²) in [5.74, 6) is 0.797. The Morgan fingerprint density at radius 1 is 1.53 bits per heavy atom. The van der Waals surface area contributed by atoms with Crippen molar-refractivity contribution in [1.29, 1.82) is 0 Å². The number of halogens is 1. The fraction of sp³-hybridized carbons (Fsp3) is 0.400. The van der Waals surface area contributed by atoms with Crippen molar-refractivity contribution in [3.8, 4) is 0 Å². The lowest BCUT2D eigenvalue weighted by Gasteiger charge is -2.25. The van der Waals surface area contributed by atoms with Crippen molar-refractivity contribution in [3.05, 3.63) is 23.9 Å². The monoisotopic (exact) mass is 227 g/mol. The summed E-state index contributed by atoms with van der Waals surface area (Å²) in [5.41, 5.74) is 1.09. The van der Waals surface area contributed by atoms with E-state index in [0.29, 0.717) is 5.82 Å². The van der Waals surface area contributed by atoms with Gasteiger partial charge in [-0.1, -0.05) is 6.07 Å². The maximum absolute atomic E-state index is 11.5. The molecule has 82 valence electrons. The van der Waals surface area contributed by atoms with Gasteiger partial charge in [-0.15, -0.1) is 12.4 Å². The lowest BCUT2D eigenvalue weighted by atomic mass is 10.0. The van der Waals surface area contributed by atoms with Gasteiger partial charge in [0.15, 0.2) is 0 Å². The van der Waals surface area contributed by atoms with Crippen molar-refractivity contribution >= 4 is 24.1 Å². The Morgan fingerprint density at radius 2 is 2.27 bits per heavy atom. The summed E-state index contributed by atoms with van der Waals surface area (Å²) in [6.45, 7) is 3.52. The zero-order chi connectivity index (χ0) is 9.97. The maximum atomic E-state index is 11.5. The third kappa shape index (κ3) is 2.91. The molecule has 0 saturated carbocycles. The number of nitrogens with zero attached hydrogens (tertiary/aromatic N) is 1. The van der Waals surface area contributed by atoms with Gasteiger partial charge < -0.3 is 10.6 Å². The number of rotatable bonds is 2. The van der Waals surface area contributed by atoms with Gasteiger partial charge in [0.05, 0.1) is 5.92 Å². The Hall–Kier alpha value is -1.13. The lowest BCUT2D eigenvalue weighted by molar-refractivity contribution is -0.121. The van der Waals surface area contributed by atoms with E-state index in [1.54, 1.807) is 6.20 Å². The van der Waals surface area contributed by atoms with Crippen LogP contribution in [0.15, 0.2) is 18.3 Å². The highest BCUT2D eigenvalue weighted by Crippen LogP contribution is 2.08. The van der Waals surface area contributed by atoms with Crippen LogP contribution in [0.2, 0.25) is 0 Å². The van der Waals surface area contributed by atoms with Gasteiger partial charge in [-0.05, 0) is 18.6 Å². The van der Waals surface area contributed by atoms with Crippen LogP contribution in [0.25, 0.3) is 0 Å². The van der Waals surface area contributed by atoms with Gasteiger partial charge >= 0.3 is 0 Å². The van der Waals surface area contributed by atoms with E-state index in [1.165, 1.54) is 0 Å². The van der Waals surface area contributed by atoms with Crippen molar-refractivity contribution in [2.75, 3.05) is 18.4 Å². The summed E-state index contributed by atoms with van der Waals surface area (Å²) in [6, 6.07) is 3.75. The molecule has 0 aromatic carbocycles. The molecule has 1 aromatic heterocycles. The zero-order valence-electron chi connectivity index (χ0n) is 8.49. The van der Waals surface area contributed by atoms with Crippen LogP contribution in [0, 0.1) is 12.8 Å². The van der Waals surface area contributed by atoms with E-state index < -0.39 is 0 Å². The zero-order valence-corrected chi connectivity index (χ0v) is 9.30. The average Bonchev–Trinajstić information content (AvgIpc) is 2.06. The topological polar surface area (TPSA) is 54.0 Å². The molecule has 5 heteroatoms. The highest BCUT2D eigenvalue weighted by molar-refractivity contribution is 5.92. The standard InChI is InChI=1S/C10H13N3O.ClH/c1-7-2-3-9(12-4-7)13-10(14)8-5-11-6-8;/h2-4,8,11H,5-6H2,1H3,(H,12,13,14);1H. The highest BCUT2D eigenvalue weighted by Gasteiger charge is 2.24. The minimum absolute atomic E-state index is 0. The second-order valence-electron chi connectivity index (χ2n) is 3.57. The van der Waals surface area contributed by atoms with Gasteiger partial charge in [0.25, 0.3) is 0 Å². The Bertz CT molecular complexity index is 335. The van der Waals surface area contributed by atoms with Gasteiger partial charge in [-0.2, -0.15) is 0 Å². The average molecular weight is 228 g/mol. The summed E-state index contributed by atoms with van der Waals surface area (Å²) in [4.78, 5) is 15.6. The molecule has 0 atom stereocenters. The Balaban J connectivity index is 0.00000112. The number of aromatic nitrogens is 1. The third-order valence-corrected chi connectivity index (χ3v) is 2.31. The first-order valence-electron chi connectivity index (χ1n) is 4.70. The molecular formula is C10H14ClN3O. The van der Waals surface area contributed by atoms with Crippen molar-refractivity contribution < 1.29 is 4.79 Å². The van der Waals surface area contributed by atoms with Gasteiger partial charge in [0.1, 0.15) is 5.82 Å². The largest absolute Gasteiger partial charge is 0.315 e. The van der Waals surface area contributed by atoms with Gasteiger partial charge in [0, 0.05) is 19.3 Å². The van der Waals surface area contributed by atoms with Crippen molar-refractivity contribution in [2.45, 2.75) is 6.92 Å². The fourth-order valence-corrected chi connectivity index (χ4v) is 1.24. The summed E-state index contributed by atoms with van der Waals surface area (Å²) >= 11 is 0. The first-order valence-corrected chi connectivity index (χ1v) is 4.70. The maximum Gasteiger partial charge on any atom is 0.231 e. The highest BCUT2D eigenvalue weighted by atomic mass is 35.5. The van der Waals surface area contributed by atoms with E-state index in [9.17, 15) is 4.79 Å². The minimum Gasteiger partial charge on any atom is -0.315 e. The van der Waals surface area contributed by atoms with Crippen LogP contribution in [0.1, 0.15) is 5.56 Å². The predicted molar refractivity (Wildman–Crippen MR) is 61.2 cm³/mol. The van der Waals surface area contributed by atoms with Crippen LogP contribution in [-0.2, 0) is 4.79 Å². The Kier molecular flexibility index (Phi) is 4.05. The molecule has 1 amide bonds. The molecule has 2 rings (SSSR count). The molecule has 0 radical (unpaired) electrons. The van der Waals surface area contributed by atoms with Crippen molar-refractivity contribution in [2.24, 2.45) is 5.92 Å². The summed E-state index contributed by atoms with van der Waals surface area (Å²) < 4.78 is 0. The molecule has 1 saturated heterocycles. The minimum atomic E-state index is 0. The van der Waals surface area contributed by atoms with Gasteiger partial charge in [-0.25, -0.2) is 4.98 Å². The number of pyridine rings is 1. The van der Waals surface area contributed by atoms with E-state index in [0.717, 1.165) is 18.7 Å². The van der Waals surface area contributed by atoms with Gasteiger partial charge in [-0.3, -0.25) is 4.79 Å². The third-order valence-electron chi connectivity index (χ3n) is 2.31. The molecule has 0 unspecified atom stereocenters. The summed E-state index contributed by atoms with van der Waals surface area (Å²) in [5, 5.41) is 5.84. The SMILES string of the molecule is Cc1ccc(NC(=O)C2CNC2)nc1.Cl. The number of amides is 1. The Morgan fingerprint density at radius 3 is 2.73 bits per heavy atom. The molecule has 1 aliphatic rings. The van der Waals surface area contributed by atoms with E-state index in [-0.39, 0.29) is 24.2 Å². The fourth-order valence-electron chi connectivity index (χ4n) is 1.24. The van der Waals surface area contributed by atoms with E-state index in [4.69, 9.17) is 0 Å². The molecule has 4 nitrogen and oxygen atoms in total. The predicted octanol–water partition coefficient (Wildman–Crippen LogP) is 0.970. The number of aryl methyl sites for hydroxylation is 1. The van der Waals surface area contributed by atoms with Gasteiger partial charge in [0.2, 0.25) is 5.91 Å². The van der Waals surface area contributed by atoms with Crippen LogP contribution in [0.3, 0.4) is 0 Å². The normalized spacial score (nSPS) is 15.0. The summed E-state index contributed by atoms with van der Waals surface area (Å²) in [7, 11) is 0. The second kappa shape index (κ2) is 5.09. The van der Waals surface area contributed by atoms with E-state index in [1.807, 2.05) is 19.1 Å². The van der Waals surface area contributed by atoms with Crippen LogP contribution in [0.5, 0.6) is 0 Å². The molecule has 1 fully saturated rings. The van der Waals surface area contributed by atoms with Crippen molar-refractivity contribution in [1.82, 2.24) is 10.3 Å². The smallest absolute Gasteiger partial charge is 0.231 e. The molecule has 0 aliphatic carbocycles. The molecule has 0 spiro atoms. The van der Waals surface area contributed by atoms with Crippen LogP contribution < -0.4 is 10.6 Å². The summed E-state index contributed by atoms with van der Waals surface area (Å²) in [6.07, 6.45) is 1.74. The number of carbonyl (C=O) groups excluding carboxylic acids is 1. The van der Waals surface area contributed by atoms with Crippen molar-refractivity contribution in [3.63, 3.8) is 0 Å². The number of hydrogen-bond donors (Lipinski definition) is 2. The van der Waals surface area contributed by atoms with Crippen LogP contribution >= 0.6 is 12.4 Å². The Labute approximate surface area is 94.9 Å². The second-order valence-corrected chi connectivity index (χ2v) is 3.57. The van der Waals surface area contributed by atoms with Crippen LogP contribution in [0.4, 0.5) is 5.82 Å². The molecule has 15 heavy (non-hydrogen) atoms. The number of anilines is 1. The first kappa shape index (κ1) is 11.9. The van der Waals surface area contributed by atoms with E-state index in [2.05, 4.69) is 15.6 Å². The number of nitrogens with one attached hydrogen (secondary N) is 2. The number of carbonyl (C=O) groups is 1. The van der Waals surface area contributed by atoms with E-state index >= 15 is 0 Å². The molecule has 1 aromatic rings. The molecule has 1 aliphatic heterocycles. The molecule has 2 N–H and O–H groups in total. The number of hydrogen-bond acceptors (Lipinski definition) is 3. The quantitative estimate of drug-likeness (QED) is 0.792.